The van der Waals surface area contributed by atoms with Gasteiger partial charge in [0.25, 0.3) is 0 Å². The maximum atomic E-state index is 12.3. The molecule has 0 radical (unpaired) electrons. The van der Waals surface area contributed by atoms with Crippen LogP contribution in [0.2, 0.25) is 0 Å². The summed E-state index contributed by atoms with van der Waals surface area (Å²) in [5, 5.41) is 0. The SMILES string of the molecule is CCOc1ccccc1C(=O)Oc1ccccc1C(C)=O. The van der Waals surface area contributed by atoms with Gasteiger partial charge in [0, 0.05) is 0 Å². The van der Waals surface area contributed by atoms with Crippen molar-refractivity contribution in [3.63, 3.8) is 0 Å². The number of rotatable bonds is 5. The molecule has 0 bridgehead atoms. The Hall–Kier alpha value is -2.62. The molecule has 0 N–H and O–H groups in total. The maximum absolute atomic E-state index is 12.3. The van der Waals surface area contributed by atoms with Gasteiger partial charge < -0.3 is 9.47 Å². The summed E-state index contributed by atoms with van der Waals surface area (Å²) >= 11 is 0. The van der Waals surface area contributed by atoms with E-state index in [2.05, 4.69) is 0 Å². The fraction of sp³-hybridized carbons (Fsp3) is 0.176. The van der Waals surface area contributed by atoms with E-state index in [4.69, 9.17) is 9.47 Å². The average molecular weight is 284 g/mol. The Morgan fingerprint density at radius 1 is 0.905 bits per heavy atom. The predicted molar refractivity (Wildman–Crippen MR) is 79.0 cm³/mol. The zero-order valence-corrected chi connectivity index (χ0v) is 12.0. The zero-order valence-electron chi connectivity index (χ0n) is 12.0. The summed E-state index contributed by atoms with van der Waals surface area (Å²) in [5.74, 6) is 0.0100. The quantitative estimate of drug-likeness (QED) is 0.479. The van der Waals surface area contributed by atoms with Gasteiger partial charge in [-0.2, -0.15) is 0 Å². The van der Waals surface area contributed by atoms with Crippen LogP contribution in [0.1, 0.15) is 34.6 Å². The Morgan fingerprint density at radius 2 is 1.48 bits per heavy atom. The molecule has 2 rings (SSSR count). The Bertz CT molecular complexity index is 661. The van der Waals surface area contributed by atoms with Crippen molar-refractivity contribution in [2.24, 2.45) is 0 Å². The fourth-order valence-electron chi connectivity index (χ4n) is 1.92. The molecule has 0 saturated carbocycles. The lowest BCUT2D eigenvalue weighted by Gasteiger charge is -2.11. The lowest BCUT2D eigenvalue weighted by Crippen LogP contribution is -2.12. The molecule has 0 aliphatic carbocycles. The molecule has 108 valence electrons. The van der Waals surface area contributed by atoms with Crippen LogP contribution in [0, 0.1) is 0 Å². The number of carbonyl (C=O) groups excluding carboxylic acids is 2. The molecule has 2 aromatic carbocycles. The molecule has 4 heteroatoms. The van der Waals surface area contributed by atoms with Crippen molar-refractivity contribution in [3.05, 3.63) is 59.7 Å². The van der Waals surface area contributed by atoms with Crippen LogP contribution in [0.15, 0.2) is 48.5 Å². The Kier molecular flexibility index (Phi) is 4.72. The van der Waals surface area contributed by atoms with Crippen LogP contribution in [0.5, 0.6) is 11.5 Å². The lowest BCUT2D eigenvalue weighted by atomic mass is 10.1. The number of benzene rings is 2. The van der Waals surface area contributed by atoms with Gasteiger partial charge in [-0.05, 0) is 38.1 Å². The number of ketones is 1. The van der Waals surface area contributed by atoms with Crippen molar-refractivity contribution in [3.8, 4) is 11.5 Å². The van der Waals surface area contributed by atoms with Crippen molar-refractivity contribution in [2.75, 3.05) is 6.61 Å². The van der Waals surface area contributed by atoms with Gasteiger partial charge >= 0.3 is 5.97 Å². The fourth-order valence-corrected chi connectivity index (χ4v) is 1.92. The molecule has 0 aliphatic rings. The van der Waals surface area contributed by atoms with Gasteiger partial charge in [0.05, 0.1) is 12.2 Å². The molecule has 0 fully saturated rings. The Morgan fingerprint density at radius 3 is 2.10 bits per heavy atom. The standard InChI is InChI=1S/C17H16O4/c1-3-20-15-10-6-5-9-14(15)17(19)21-16-11-7-4-8-13(16)12(2)18/h4-11H,3H2,1-2H3. The normalized spacial score (nSPS) is 10.0. The van der Waals surface area contributed by atoms with Crippen LogP contribution in [0.25, 0.3) is 0 Å². The highest BCUT2D eigenvalue weighted by molar-refractivity contribution is 5.99. The molecule has 0 atom stereocenters. The third kappa shape index (κ3) is 3.48. The van der Waals surface area contributed by atoms with E-state index in [1.165, 1.54) is 6.92 Å². The predicted octanol–water partition coefficient (Wildman–Crippen LogP) is 3.51. The van der Waals surface area contributed by atoms with E-state index in [1.807, 2.05) is 6.92 Å². The molecule has 0 aliphatic heterocycles. The Labute approximate surface area is 123 Å². The minimum Gasteiger partial charge on any atom is -0.493 e. The highest BCUT2D eigenvalue weighted by Crippen LogP contribution is 2.23. The smallest absolute Gasteiger partial charge is 0.347 e. The first-order chi connectivity index (χ1) is 10.1. The van der Waals surface area contributed by atoms with E-state index in [-0.39, 0.29) is 11.5 Å². The number of hydrogen-bond acceptors (Lipinski definition) is 4. The van der Waals surface area contributed by atoms with Crippen molar-refractivity contribution in [1.29, 1.82) is 0 Å². The van der Waals surface area contributed by atoms with E-state index >= 15 is 0 Å². The molecule has 4 nitrogen and oxygen atoms in total. The largest absolute Gasteiger partial charge is 0.493 e. The number of Topliss-reactive ketones (excluding diaryl/α,β-unsaturated/α-hetero) is 1. The maximum Gasteiger partial charge on any atom is 0.347 e. The highest BCUT2D eigenvalue weighted by atomic mass is 16.5. The minimum atomic E-state index is -0.548. The number of ether oxygens (including phenoxy) is 2. The molecular weight excluding hydrogens is 268 g/mol. The van der Waals surface area contributed by atoms with Gasteiger partial charge in [-0.25, -0.2) is 4.79 Å². The molecular formula is C17H16O4. The second-order valence-corrected chi connectivity index (χ2v) is 4.37. The van der Waals surface area contributed by atoms with E-state index in [0.717, 1.165) is 0 Å². The number of hydrogen-bond donors (Lipinski definition) is 0. The Balaban J connectivity index is 2.29. The van der Waals surface area contributed by atoms with Gasteiger partial charge in [-0.15, -0.1) is 0 Å². The third-order valence-electron chi connectivity index (χ3n) is 2.88. The van der Waals surface area contributed by atoms with E-state index in [9.17, 15) is 9.59 Å². The summed E-state index contributed by atoms with van der Waals surface area (Å²) in [6.07, 6.45) is 0. The summed E-state index contributed by atoms with van der Waals surface area (Å²) in [6.45, 7) is 3.72. The van der Waals surface area contributed by atoms with Crippen LogP contribution >= 0.6 is 0 Å². The first kappa shape index (κ1) is 14.8. The van der Waals surface area contributed by atoms with E-state index in [0.29, 0.717) is 23.5 Å². The summed E-state index contributed by atoms with van der Waals surface area (Å²) in [7, 11) is 0. The van der Waals surface area contributed by atoms with E-state index < -0.39 is 5.97 Å². The monoisotopic (exact) mass is 284 g/mol. The zero-order chi connectivity index (χ0) is 15.2. The second kappa shape index (κ2) is 6.70. The van der Waals surface area contributed by atoms with Crippen LogP contribution in [-0.2, 0) is 0 Å². The molecule has 0 heterocycles. The summed E-state index contributed by atoms with van der Waals surface area (Å²) in [4.78, 5) is 23.8. The first-order valence-corrected chi connectivity index (χ1v) is 6.67. The molecule has 0 saturated heterocycles. The number of para-hydroxylation sites is 2. The van der Waals surface area contributed by atoms with Gasteiger partial charge in [0.1, 0.15) is 17.1 Å². The van der Waals surface area contributed by atoms with Crippen molar-refractivity contribution < 1.29 is 19.1 Å². The molecule has 2 aromatic rings. The lowest BCUT2D eigenvalue weighted by molar-refractivity contribution is 0.0728. The minimum absolute atomic E-state index is 0.156. The van der Waals surface area contributed by atoms with Gasteiger partial charge in [-0.3, -0.25) is 4.79 Å². The highest BCUT2D eigenvalue weighted by Gasteiger charge is 2.17. The molecule has 21 heavy (non-hydrogen) atoms. The van der Waals surface area contributed by atoms with Crippen LogP contribution in [0.4, 0.5) is 0 Å². The van der Waals surface area contributed by atoms with Crippen molar-refractivity contribution in [2.45, 2.75) is 13.8 Å². The average Bonchev–Trinajstić information content (AvgIpc) is 2.48. The molecule has 0 unspecified atom stereocenters. The molecule has 0 aromatic heterocycles. The van der Waals surface area contributed by atoms with Crippen molar-refractivity contribution >= 4 is 11.8 Å². The van der Waals surface area contributed by atoms with Gasteiger partial charge in [0.2, 0.25) is 0 Å². The summed E-state index contributed by atoms with van der Waals surface area (Å²) < 4.78 is 10.7. The van der Waals surface area contributed by atoms with Crippen LogP contribution in [0.3, 0.4) is 0 Å². The number of esters is 1. The van der Waals surface area contributed by atoms with Gasteiger partial charge in [-0.1, -0.05) is 24.3 Å². The van der Waals surface area contributed by atoms with Gasteiger partial charge in [0.15, 0.2) is 5.78 Å². The third-order valence-corrected chi connectivity index (χ3v) is 2.88. The topological polar surface area (TPSA) is 52.6 Å². The first-order valence-electron chi connectivity index (χ1n) is 6.67. The summed E-state index contributed by atoms with van der Waals surface area (Å²) in [5.41, 5.74) is 0.706. The van der Waals surface area contributed by atoms with Crippen LogP contribution in [-0.4, -0.2) is 18.4 Å². The molecule has 0 amide bonds. The second-order valence-electron chi connectivity index (χ2n) is 4.37. The number of carbonyl (C=O) groups is 2. The van der Waals surface area contributed by atoms with Crippen molar-refractivity contribution in [1.82, 2.24) is 0 Å². The molecule has 0 spiro atoms. The van der Waals surface area contributed by atoms with E-state index in [1.54, 1.807) is 48.5 Å². The summed E-state index contributed by atoms with van der Waals surface area (Å²) in [6, 6.07) is 13.5. The van der Waals surface area contributed by atoms with Crippen LogP contribution < -0.4 is 9.47 Å².